The highest BCUT2D eigenvalue weighted by atomic mass is 15.1. The Kier molecular flexibility index (Phi) is 6.59. The minimum Gasteiger partial charge on any atom is -0.306 e. The Labute approximate surface area is 170 Å². The van der Waals surface area contributed by atoms with Crippen LogP contribution in [0.2, 0.25) is 0 Å². The molecule has 1 aromatic heterocycles. The molecule has 0 saturated carbocycles. The number of likely N-dealkylation sites (tertiary alicyclic amines) is 3. The number of aromatic nitrogens is 3. The molecule has 0 amide bonds. The van der Waals surface area contributed by atoms with Crippen LogP contribution in [0.1, 0.15) is 67.8 Å². The fourth-order valence-corrected chi connectivity index (χ4v) is 4.97. The monoisotopic (exact) mass is 386 g/mol. The zero-order valence-electron chi connectivity index (χ0n) is 18.1. The second-order valence-electron chi connectivity index (χ2n) is 9.57. The third-order valence-electron chi connectivity index (χ3n) is 7.19. The van der Waals surface area contributed by atoms with Crippen LogP contribution in [0.25, 0.3) is 0 Å². The molecule has 0 bridgehead atoms. The first-order chi connectivity index (χ1) is 13.6. The van der Waals surface area contributed by atoms with E-state index in [9.17, 15) is 0 Å². The van der Waals surface area contributed by atoms with Gasteiger partial charge in [0.05, 0.1) is 0 Å². The fraction of sp³-hybridized carbons (Fsp3) is 0.864. The molecule has 3 aliphatic heterocycles. The average Bonchev–Trinajstić information content (AvgIpc) is 2.71. The van der Waals surface area contributed by atoms with Gasteiger partial charge >= 0.3 is 0 Å². The number of nitrogens with zero attached hydrogens (tertiary/aromatic N) is 6. The summed E-state index contributed by atoms with van der Waals surface area (Å²) in [6.45, 7) is 7.04. The molecule has 156 valence electrons. The lowest BCUT2D eigenvalue weighted by Crippen LogP contribution is -2.33. The van der Waals surface area contributed by atoms with Crippen molar-refractivity contribution in [1.82, 2.24) is 29.7 Å². The summed E-state index contributed by atoms with van der Waals surface area (Å²) in [5.74, 6) is 5.03. The summed E-state index contributed by atoms with van der Waals surface area (Å²) in [6.07, 6.45) is 8.31. The van der Waals surface area contributed by atoms with Crippen LogP contribution in [0.3, 0.4) is 0 Å². The Bertz CT molecular complexity index is 586. The van der Waals surface area contributed by atoms with Gasteiger partial charge in [-0.15, -0.1) is 0 Å². The summed E-state index contributed by atoms with van der Waals surface area (Å²) in [5, 5.41) is 0. The van der Waals surface area contributed by atoms with Gasteiger partial charge in [-0.25, -0.2) is 15.0 Å². The van der Waals surface area contributed by atoms with Crippen molar-refractivity contribution in [2.75, 3.05) is 60.4 Å². The van der Waals surface area contributed by atoms with Crippen molar-refractivity contribution >= 4 is 0 Å². The zero-order valence-corrected chi connectivity index (χ0v) is 18.1. The van der Waals surface area contributed by atoms with Crippen LogP contribution in [-0.4, -0.2) is 90.1 Å². The van der Waals surface area contributed by atoms with Gasteiger partial charge in [-0.05, 0) is 105 Å². The highest BCUT2D eigenvalue weighted by Gasteiger charge is 2.27. The summed E-state index contributed by atoms with van der Waals surface area (Å²) in [5.41, 5.74) is 0. The molecular formula is C22H38N6. The third kappa shape index (κ3) is 5.08. The van der Waals surface area contributed by atoms with Crippen LogP contribution in [0.4, 0.5) is 0 Å². The van der Waals surface area contributed by atoms with E-state index in [1.54, 1.807) is 0 Å². The van der Waals surface area contributed by atoms with Crippen molar-refractivity contribution < 1.29 is 0 Å². The second kappa shape index (κ2) is 9.14. The predicted molar refractivity (Wildman–Crippen MR) is 113 cm³/mol. The van der Waals surface area contributed by atoms with E-state index in [0.717, 1.165) is 56.0 Å². The van der Waals surface area contributed by atoms with Gasteiger partial charge in [0.2, 0.25) is 0 Å². The normalized spacial score (nSPS) is 25.4. The smallest absolute Gasteiger partial charge is 0.135 e. The van der Waals surface area contributed by atoms with E-state index < -0.39 is 0 Å². The van der Waals surface area contributed by atoms with Crippen LogP contribution < -0.4 is 0 Å². The molecule has 6 nitrogen and oxygen atoms in total. The fourth-order valence-electron chi connectivity index (χ4n) is 4.97. The molecule has 3 saturated heterocycles. The summed E-state index contributed by atoms with van der Waals surface area (Å²) in [7, 11) is 6.67. The SMILES string of the molecule is CN1CCC(Cc2nc(C3CCN(C)CC3)nc(C3CCN(C)CC3)n2)CC1. The topological polar surface area (TPSA) is 48.4 Å². The first kappa shape index (κ1) is 20.2. The molecule has 0 atom stereocenters. The first-order valence-electron chi connectivity index (χ1n) is 11.4. The lowest BCUT2D eigenvalue weighted by atomic mass is 9.92. The van der Waals surface area contributed by atoms with Gasteiger partial charge in [-0.2, -0.15) is 0 Å². The van der Waals surface area contributed by atoms with Gasteiger partial charge in [0, 0.05) is 18.3 Å². The van der Waals surface area contributed by atoms with Crippen molar-refractivity contribution in [3.63, 3.8) is 0 Å². The Balaban J connectivity index is 1.53. The van der Waals surface area contributed by atoms with E-state index in [-0.39, 0.29) is 0 Å². The van der Waals surface area contributed by atoms with Gasteiger partial charge in [0.15, 0.2) is 0 Å². The van der Waals surface area contributed by atoms with Gasteiger partial charge in [0.25, 0.3) is 0 Å². The van der Waals surface area contributed by atoms with Crippen LogP contribution in [-0.2, 0) is 6.42 Å². The summed E-state index contributed by atoms with van der Waals surface area (Å²) in [4.78, 5) is 22.4. The van der Waals surface area contributed by atoms with E-state index in [4.69, 9.17) is 15.0 Å². The predicted octanol–water partition coefficient (Wildman–Crippen LogP) is 2.37. The summed E-state index contributed by atoms with van der Waals surface area (Å²) < 4.78 is 0. The molecule has 0 radical (unpaired) electrons. The maximum absolute atomic E-state index is 5.07. The second-order valence-corrected chi connectivity index (χ2v) is 9.57. The molecule has 4 rings (SSSR count). The number of hydrogen-bond acceptors (Lipinski definition) is 6. The molecule has 0 aromatic carbocycles. The van der Waals surface area contributed by atoms with E-state index in [1.807, 2.05) is 0 Å². The zero-order chi connectivity index (χ0) is 19.5. The number of piperidine rings is 3. The van der Waals surface area contributed by atoms with Gasteiger partial charge in [-0.1, -0.05) is 0 Å². The first-order valence-corrected chi connectivity index (χ1v) is 11.4. The Morgan fingerprint density at radius 1 is 0.607 bits per heavy atom. The van der Waals surface area contributed by atoms with E-state index >= 15 is 0 Å². The standard InChI is InChI=1S/C22H38N6/c1-26-10-4-17(5-11-26)16-20-23-21(18-6-12-27(2)13-7-18)25-22(24-20)19-8-14-28(3)15-9-19/h17-19H,4-16H2,1-3H3. The van der Waals surface area contributed by atoms with Crippen molar-refractivity contribution in [2.24, 2.45) is 5.92 Å². The van der Waals surface area contributed by atoms with E-state index in [1.165, 1.54) is 51.6 Å². The number of rotatable bonds is 4. The maximum Gasteiger partial charge on any atom is 0.135 e. The van der Waals surface area contributed by atoms with Crippen molar-refractivity contribution in [1.29, 1.82) is 0 Å². The quantitative estimate of drug-likeness (QED) is 0.792. The summed E-state index contributed by atoms with van der Waals surface area (Å²) in [6, 6.07) is 0. The van der Waals surface area contributed by atoms with Gasteiger partial charge < -0.3 is 14.7 Å². The molecule has 0 N–H and O–H groups in total. The van der Waals surface area contributed by atoms with Crippen molar-refractivity contribution in [2.45, 2.75) is 56.8 Å². The third-order valence-corrected chi connectivity index (χ3v) is 7.19. The van der Waals surface area contributed by atoms with E-state index in [2.05, 4.69) is 35.8 Å². The molecular weight excluding hydrogens is 348 g/mol. The largest absolute Gasteiger partial charge is 0.306 e. The van der Waals surface area contributed by atoms with Crippen LogP contribution in [0.5, 0.6) is 0 Å². The van der Waals surface area contributed by atoms with Gasteiger partial charge in [0.1, 0.15) is 17.5 Å². The molecule has 3 fully saturated rings. The molecule has 0 unspecified atom stereocenters. The van der Waals surface area contributed by atoms with Crippen LogP contribution in [0.15, 0.2) is 0 Å². The molecule has 3 aliphatic rings. The van der Waals surface area contributed by atoms with Crippen molar-refractivity contribution in [3.05, 3.63) is 17.5 Å². The minimum atomic E-state index is 0.514. The Hall–Kier alpha value is -1.11. The molecule has 1 aromatic rings. The van der Waals surface area contributed by atoms with E-state index in [0.29, 0.717) is 11.8 Å². The highest BCUT2D eigenvalue weighted by molar-refractivity contribution is 5.09. The molecule has 6 heteroatoms. The lowest BCUT2D eigenvalue weighted by Gasteiger charge is -2.31. The van der Waals surface area contributed by atoms with Crippen molar-refractivity contribution in [3.8, 4) is 0 Å². The molecule has 28 heavy (non-hydrogen) atoms. The van der Waals surface area contributed by atoms with Crippen LogP contribution >= 0.6 is 0 Å². The van der Waals surface area contributed by atoms with Crippen LogP contribution in [0, 0.1) is 5.92 Å². The van der Waals surface area contributed by atoms with Gasteiger partial charge in [-0.3, -0.25) is 0 Å². The Morgan fingerprint density at radius 2 is 1.00 bits per heavy atom. The minimum absolute atomic E-state index is 0.514. The maximum atomic E-state index is 5.07. The molecule has 0 aliphatic carbocycles. The molecule has 4 heterocycles. The summed E-state index contributed by atoms with van der Waals surface area (Å²) >= 11 is 0. The number of hydrogen-bond donors (Lipinski definition) is 0. The highest BCUT2D eigenvalue weighted by Crippen LogP contribution is 2.30. The average molecular weight is 387 g/mol. The lowest BCUT2D eigenvalue weighted by molar-refractivity contribution is 0.216. The molecule has 0 spiro atoms. The Morgan fingerprint density at radius 3 is 1.43 bits per heavy atom.